The first-order chi connectivity index (χ1) is 10.1. The van der Waals surface area contributed by atoms with Gasteiger partial charge in [0.05, 0.1) is 6.07 Å². The summed E-state index contributed by atoms with van der Waals surface area (Å²) in [6, 6.07) is 9.99. The van der Waals surface area contributed by atoms with Crippen molar-refractivity contribution < 1.29 is 9.18 Å². The zero-order chi connectivity index (χ0) is 15.2. The molecule has 0 saturated carbocycles. The highest BCUT2D eigenvalue weighted by Crippen LogP contribution is 2.29. The highest BCUT2D eigenvalue weighted by atomic mass is 35.5. The van der Waals surface area contributed by atoms with Crippen LogP contribution in [0, 0.1) is 17.1 Å². The Kier molecular flexibility index (Phi) is 5.49. The summed E-state index contributed by atoms with van der Waals surface area (Å²) in [7, 11) is 0. The number of halogens is 2. The van der Waals surface area contributed by atoms with Crippen LogP contribution in [0.4, 0.5) is 4.39 Å². The Hall–Kier alpha value is -1.70. The molecule has 0 fully saturated rings. The minimum atomic E-state index is -1.14. The molecule has 1 atom stereocenters. The summed E-state index contributed by atoms with van der Waals surface area (Å²) in [6.45, 7) is 0. The van der Waals surface area contributed by atoms with E-state index in [0.717, 1.165) is 6.42 Å². The van der Waals surface area contributed by atoms with E-state index in [4.69, 9.17) is 11.6 Å². The molecule has 1 unspecified atom stereocenters. The van der Waals surface area contributed by atoms with E-state index in [-0.39, 0.29) is 22.8 Å². The van der Waals surface area contributed by atoms with E-state index in [1.807, 2.05) is 23.6 Å². The Morgan fingerprint density at radius 3 is 2.81 bits per heavy atom. The van der Waals surface area contributed by atoms with Crippen LogP contribution >= 0.6 is 22.9 Å². The van der Waals surface area contributed by atoms with E-state index >= 15 is 0 Å². The molecule has 0 amide bonds. The zero-order valence-electron chi connectivity index (χ0n) is 11.2. The van der Waals surface area contributed by atoms with Crippen molar-refractivity contribution in [2.45, 2.75) is 25.2 Å². The third-order valence-electron chi connectivity index (χ3n) is 3.17. The van der Waals surface area contributed by atoms with Gasteiger partial charge < -0.3 is 0 Å². The molecule has 0 saturated heterocycles. The van der Waals surface area contributed by atoms with Crippen LogP contribution in [-0.4, -0.2) is 5.78 Å². The molecule has 0 aliphatic carbocycles. The van der Waals surface area contributed by atoms with Gasteiger partial charge in [-0.2, -0.15) is 5.26 Å². The van der Waals surface area contributed by atoms with Gasteiger partial charge in [-0.3, -0.25) is 4.79 Å². The third kappa shape index (κ3) is 3.90. The molecule has 0 bridgehead atoms. The first-order valence-electron chi connectivity index (χ1n) is 6.52. The van der Waals surface area contributed by atoms with Crippen molar-refractivity contribution in [3.8, 4) is 6.07 Å². The fraction of sp³-hybridized carbons (Fsp3) is 0.250. The lowest BCUT2D eigenvalue weighted by Crippen LogP contribution is -2.13. The monoisotopic (exact) mass is 321 g/mol. The lowest BCUT2D eigenvalue weighted by molar-refractivity contribution is -0.119. The Morgan fingerprint density at radius 1 is 1.38 bits per heavy atom. The van der Waals surface area contributed by atoms with Gasteiger partial charge in [-0.25, -0.2) is 4.39 Å². The molecule has 2 nitrogen and oxygen atoms in total. The molecule has 0 aliphatic heterocycles. The molecule has 0 spiro atoms. The topological polar surface area (TPSA) is 40.9 Å². The maximum Gasteiger partial charge on any atom is 0.154 e. The minimum absolute atomic E-state index is 0.0113. The van der Waals surface area contributed by atoms with Crippen LogP contribution in [0.2, 0.25) is 5.02 Å². The van der Waals surface area contributed by atoms with Crippen LogP contribution in [0.25, 0.3) is 0 Å². The smallest absolute Gasteiger partial charge is 0.154 e. The van der Waals surface area contributed by atoms with Crippen LogP contribution in [0.3, 0.4) is 0 Å². The Bertz CT molecular complexity index is 643. The maximum atomic E-state index is 13.8. The molecule has 21 heavy (non-hydrogen) atoms. The number of nitrogens with zero attached hydrogens (tertiary/aromatic N) is 1. The number of carbonyl (C=O) groups excluding carboxylic acids is 1. The van der Waals surface area contributed by atoms with Crippen molar-refractivity contribution in [3.63, 3.8) is 0 Å². The summed E-state index contributed by atoms with van der Waals surface area (Å²) in [6.07, 6.45) is 1.66. The van der Waals surface area contributed by atoms with Gasteiger partial charge in [0.1, 0.15) is 11.7 Å². The van der Waals surface area contributed by atoms with Crippen molar-refractivity contribution >= 4 is 28.7 Å². The zero-order valence-corrected chi connectivity index (χ0v) is 12.8. The average Bonchev–Trinajstić information content (AvgIpc) is 2.96. The van der Waals surface area contributed by atoms with Gasteiger partial charge in [0.25, 0.3) is 0 Å². The molecule has 108 valence electrons. The quantitative estimate of drug-likeness (QED) is 0.771. The van der Waals surface area contributed by atoms with Crippen molar-refractivity contribution in [1.29, 1.82) is 5.26 Å². The van der Waals surface area contributed by atoms with E-state index < -0.39 is 11.7 Å². The van der Waals surface area contributed by atoms with Crippen molar-refractivity contribution in [1.82, 2.24) is 0 Å². The number of rotatable bonds is 6. The lowest BCUT2D eigenvalue weighted by atomic mass is 9.92. The molecule has 0 aliphatic rings. The van der Waals surface area contributed by atoms with Gasteiger partial charge in [0.15, 0.2) is 5.78 Å². The molecular weight excluding hydrogens is 309 g/mol. The highest BCUT2D eigenvalue weighted by Gasteiger charge is 2.25. The number of benzene rings is 1. The van der Waals surface area contributed by atoms with Gasteiger partial charge in [-0.05, 0) is 36.4 Å². The predicted molar refractivity (Wildman–Crippen MR) is 82.0 cm³/mol. The summed E-state index contributed by atoms with van der Waals surface area (Å²) in [5.74, 6) is -2.04. The largest absolute Gasteiger partial charge is 0.298 e. The van der Waals surface area contributed by atoms with Crippen LogP contribution in [-0.2, 0) is 11.2 Å². The van der Waals surface area contributed by atoms with Gasteiger partial charge in [-0.15, -0.1) is 11.3 Å². The fourth-order valence-electron chi connectivity index (χ4n) is 2.12. The van der Waals surface area contributed by atoms with E-state index in [1.165, 1.54) is 23.1 Å². The first kappa shape index (κ1) is 15.7. The second-order valence-electron chi connectivity index (χ2n) is 4.60. The van der Waals surface area contributed by atoms with Gasteiger partial charge in [0, 0.05) is 21.9 Å². The Labute approximate surface area is 131 Å². The SMILES string of the molecule is N#CC(C(=O)CCCc1cccs1)c1c(F)cccc1Cl. The number of nitriles is 1. The number of hydrogen-bond acceptors (Lipinski definition) is 3. The molecule has 1 aromatic carbocycles. The molecule has 2 aromatic rings. The molecule has 0 radical (unpaired) electrons. The van der Waals surface area contributed by atoms with Crippen molar-refractivity contribution in [2.75, 3.05) is 0 Å². The van der Waals surface area contributed by atoms with Crippen LogP contribution in [0.15, 0.2) is 35.7 Å². The molecule has 1 heterocycles. The Balaban J connectivity index is 2.04. The van der Waals surface area contributed by atoms with E-state index in [0.29, 0.717) is 6.42 Å². The predicted octanol–water partition coefficient (Wildman–Crippen LogP) is 4.74. The Morgan fingerprint density at radius 2 is 2.19 bits per heavy atom. The highest BCUT2D eigenvalue weighted by molar-refractivity contribution is 7.09. The second-order valence-corrected chi connectivity index (χ2v) is 6.04. The normalized spacial score (nSPS) is 11.9. The summed E-state index contributed by atoms with van der Waals surface area (Å²) in [5.41, 5.74) is -0.0113. The first-order valence-corrected chi connectivity index (χ1v) is 7.78. The molecular formula is C16H13ClFNOS. The number of aryl methyl sites for hydroxylation is 1. The van der Waals surface area contributed by atoms with Crippen molar-refractivity contribution in [2.24, 2.45) is 0 Å². The summed E-state index contributed by atoms with van der Waals surface area (Å²) >= 11 is 7.55. The fourth-order valence-corrected chi connectivity index (χ4v) is 3.14. The van der Waals surface area contributed by atoms with Crippen LogP contribution < -0.4 is 0 Å². The van der Waals surface area contributed by atoms with E-state index in [9.17, 15) is 14.4 Å². The van der Waals surface area contributed by atoms with Gasteiger partial charge in [0.2, 0.25) is 0 Å². The van der Waals surface area contributed by atoms with E-state index in [1.54, 1.807) is 11.3 Å². The van der Waals surface area contributed by atoms with Gasteiger partial charge in [-0.1, -0.05) is 23.7 Å². The number of thiophene rings is 1. The molecule has 0 N–H and O–H groups in total. The summed E-state index contributed by atoms with van der Waals surface area (Å²) < 4.78 is 13.8. The second kappa shape index (κ2) is 7.35. The number of Topliss-reactive ketones (excluding diaryl/α,β-unsaturated/α-hetero) is 1. The van der Waals surface area contributed by atoms with E-state index in [2.05, 4.69) is 0 Å². The average molecular weight is 322 g/mol. The van der Waals surface area contributed by atoms with Crippen LogP contribution in [0.1, 0.15) is 29.2 Å². The van der Waals surface area contributed by atoms with Crippen molar-refractivity contribution in [3.05, 3.63) is 57.0 Å². The molecule has 2 rings (SSSR count). The lowest BCUT2D eigenvalue weighted by Gasteiger charge is -2.11. The number of carbonyl (C=O) groups is 1. The van der Waals surface area contributed by atoms with Crippen LogP contribution in [0.5, 0.6) is 0 Å². The van der Waals surface area contributed by atoms with Gasteiger partial charge >= 0.3 is 0 Å². The number of ketones is 1. The standard InChI is InChI=1S/C16H13ClFNOS/c17-13-6-2-7-14(18)16(13)12(10-19)15(20)8-1-4-11-5-3-9-21-11/h2-3,5-7,9,12H,1,4,8H2. The molecule has 1 aromatic heterocycles. The minimum Gasteiger partial charge on any atom is -0.298 e. The molecule has 5 heteroatoms. The summed E-state index contributed by atoms with van der Waals surface area (Å²) in [4.78, 5) is 13.4. The summed E-state index contributed by atoms with van der Waals surface area (Å²) in [5, 5.41) is 11.3. The third-order valence-corrected chi connectivity index (χ3v) is 4.43. The number of hydrogen-bond donors (Lipinski definition) is 0. The maximum absolute atomic E-state index is 13.8.